The van der Waals surface area contributed by atoms with Crippen LogP contribution in [-0.4, -0.2) is 52.6 Å². The van der Waals surface area contributed by atoms with Crippen molar-refractivity contribution in [3.8, 4) is 17.1 Å². The summed E-state index contributed by atoms with van der Waals surface area (Å²) in [7, 11) is 3.25. The lowest BCUT2D eigenvalue weighted by atomic mass is 10.0. The van der Waals surface area contributed by atoms with Crippen molar-refractivity contribution < 1.29 is 28.2 Å². The van der Waals surface area contributed by atoms with Crippen molar-refractivity contribution >= 4 is 34.6 Å². The van der Waals surface area contributed by atoms with E-state index in [1.54, 1.807) is 60.5 Å². The standard InChI is InChI=1S/C30H26F2N4O4S/c1-33-16-20-7-8-21(41-20)17-40-29-5-3-4-25(35-29)22-15-23(31)19(12-24(22)32)14-28-34-26-9-6-18(30(37)38)13-27(26)36(28)10-11-39-2/h3-9,12-13,15-16H,10-11,14,17H2,1-2H3,(H,37,38). The maximum Gasteiger partial charge on any atom is 0.335 e. The van der Waals surface area contributed by atoms with E-state index < -0.39 is 17.6 Å². The lowest BCUT2D eigenvalue weighted by molar-refractivity contribution is 0.0697. The van der Waals surface area contributed by atoms with Gasteiger partial charge in [0.15, 0.2) is 0 Å². The van der Waals surface area contributed by atoms with Gasteiger partial charge in [-0.3, -0.25) is 4.99 Å². The van der Waals surface area contributed by atoms with Gasteiger partial charge in [-0.15, -0.1) is 11.3 Å². The molecule has 0 unspecified atom stereocenters. The minimum Gasteiger partial charge on any atom is -0.478 e. The molecular weight excluding hydrogens is 550 g/mol. The second kappa shape index (κ2) is 12.4. The van der Waals surface area contributed by atoms with Crippen molar-refractivity contribution in [1.29, 1.82) is 0 Å². The molecule has 5 rings (SSSR count). The summed E-state index contributed by atoms with van der Waals surface area (Å²) in [6, 6.07) is 15.7. The zero-order valence-corrected chi connectivity index (χ0v) is 23.1. The molecule has 3 aromatic heterocycles. The van der Waals surface area contributed by atoms with Crippen LogP contribution in [0.1, 0.15) is 31.5 Å². The van der Waals surface area contributed by atoms with Crippen molar-refractivity contribution in [2.24, 2.45) is 4.99 Å². The molecule has 0 fully saturated rings. The number of aromatic nitrogens is 3. The Balaban J connectivity index is 1.40. The molecule has 1 N–H and O–H groups in total. The van der Waals surface area contributed by atoms with E-state index in [4.69, 9.17) is 9.47 Å². The Morgan fingerprint density at radius 2 is 1.95 bits per heavy atom. The number of imidazole rings is 1. The number of carboxylic acids is 1. The van der Waals surface area contributed by atoms with Crippen LogP contribution in [0.25, 0.3) is 22.3 Å². The fourth-order valence-corrected chi connectivity index (χ4v) is 5.27. The molecule has 0 aliphatic carbocycles. The average Bonchev–Trinajstić information content (AvgIpc) is 3.56. The first kappa shape index (κ1) is 28.1. The first-order valence-electron chi connectivity index (χ1n) is 12.7. The van der Waals surface area contributed by atoms with Gasteiger partial charge in [0.25, 0.3) is 0 Å². The van der Waals surface area contributed by atoms with E-state index in [1.165, 1.54) is 12.1 Å². The van der Waals surface area contributed by atoms with Gasteiger partial charge >= 0.3 is 5.97 Å². The maximum atomic E-state index is 15.4. The fraction of sp³-hybridized carbons (Fsp3) is 0.200. The van der Waals surface area contributed by atoms with Crippen molar-refractivity contribution in [3.05, 3.63) is 99.0 Å². The van der Waals surface area contributed by atoms with Gasteiger partial charge < -0.3 is 19.1 Å². The third kappa shape index (κ3) is 6.31. The number of hydrogen-bond acceptors (Lipinski definition) is 7. The number of benzene rings is 2. The molecular formula is C30H26F2N4O4S. The smallest absolute Gasteiger partial charge is 0.335 e. The number of pyridine rings is 1. The van der Waals surface area contributed by atoms with Crippen LogP contribution < -0.4 is 4.74 Å². The van der Waals surface area contributed by atoms with Crippen LogP contribution in [-0.2, 0) is 24.3 Å². The van der Waals surface area contributed by atoms with Crippen LogP contribution >= 0.6 is 11.3 Å². The van der Waals surface area contributed by atoms with E-state index in [-0.39, 0.29) is 41.3 Å². The van der Waals surface area contributed by atoms with Crippen molar-refractivity contribution in [1.82, 2.24) is 14.5 Å². The SMILES string of the molecule is CN=Cc1ccc(COc2cccc(-c3cc(F)c(Cc4nc5ccc(C(=O)O)cc5n4CCOC)cc3F)n2)s1. The van der Waals surface area contributed by atoms with Gasteiger partial charge in [-0.2, -0.15) is 0 Å². The summed E-state index contributed by atoms with van der Waals surface area (Å²) in [4.78, 5) is 26.4. The fourth-order valence-electron chi connectivity index (χ4n) is 4.42. The number of rotatable bonds is 11. The summed E-state index contributed by atoms with van der Waals surface area (Å²) in [5, 5.41) is 9.40. The highest BCUT2D eigenvalue weighted by atomic mass is 32.1. The monoisotopic (exact) mass is 576 g/mol. The number of methoxy groups -OCH3 is 1. The Morgan fingerprint density at radius 3 is 2.73 bits per heavy atom. The number of thiophene rings is 1. The molecule has 41 heavy (non-hydrogen) atoms. The molecule has 0 saturated carbocycles. The second-order valence-electron chi connectivity index (χ2n) is 9.12. The van der Waals surface area contributed by atoms with E-state index in [9.17, 15) is 9.90 Å². The third-order valence-corrected chi connectivity index (χ3v) is 7.37. The largest absolute Gasteiger partial charge is 0.478 e. The van der Waals surface area contributed by atoms with Gasteiger partial charge in [-0.1, -0.05) is 6.07 Å². The average molecular weight is 577 g/mol. The first-order valence-corrected chi connectivity index (χ1v) is 13.5. The zero-order chi connectivity index (χ0) is 28.9. The predicted octanol–water partition coefficient (Wildman–Crippen LogP) is 6.00. The Bertz CT molecular complexity index is 1750. The molecule has 0 saturated heterocycles. The van der Waals surface area contributed by atoms with E-state index in [1.807, 2.05) is 12.1 Å². The van der Waals surface area contributed by atoms with E-state index >= 15 is 8.78 Å². The minimum atomic E-state index is -1.07. The number of aromatic carboxylic acids is 1. The quantitative estimate of drug-likeness (QED) is 0.194. The Morgan fingerprint density at radius 1 is 1.10 bits per heavy atom. The van der Waals surface area contributed by atoms with Crippen LogP contribution in [0.2, 0.25) is 0 Å². The highest BCUT2D eigenvalue weighted by Crippen LogP contribution is 2.28. The number of aliphatic imine (C=N–C) groups is 1. The second-order valence-corrected chi connectivity index (χ2v) is 10.3. The number of halogens is 2. The van der Waals surface area contributed by atoms with Crippen LogP contribution in [0.4, 0.5) is 8.78 Å². The van der Waals surface area contributed by atoms with Crippen molar-refractivity contribution in [2.75, 3.05) is 20.8 Å². The van der Waals surface area contributed by atoms with Crippen molar-refractivity contribution in [2.45, 2.75) is 19.6 Å². The summed E-state index contributed by atoms with van der Waals surface area (Å²) in [5.41, 5.74) is 1.59. The van der Waals surface area contributed by atoms with Gasteiger partial charge in [-0.25, -0.2) is 23.5 Å². The van der Waals surface area contributed by atoms with Crippen LogP contribution in [0.5, 0.6) is 5.88 Å². The van der Waals surface area contributed by atoms with Crippen LogP contribution in [0.3, 0.4) is 0 Å². The molecule has 3 heterocycles. The number of nitrogens with zero attached hydrogens (tertiary/aromatic N) is 4. The van der Waals surface area contributed by atoms with Crippen LogP contribution in [0.15, 0.2) is 65.7 Å². The summed E-state index contributed by atoms with van der Waals surface area (Å²) < 4.78 is 43.5. The Kier molecular flexibility index (Phi) is 8.46. The molecule has 0 aliphatic heterocycles. The molecule has 0 aliphatic rings. The lowest BCUT2D eigenvalue weighted by Gasteiger charge is -2.12. The molecule has 11 heteroatoms. The van der Waals surface area contributed by atoms with Gasteiger partial charge in [0.05, 0.1) is 28.9 Å². The maximum absolute atomic E-state index is 15.4. The molecule has 0 spiro atoms. The molecule has 210 valence electrons. The number of hydrogen-bond donors (Lipinski definition) is 1. The highest BCUT2D eigenvalue weighted by molar-refractivity contribution is 7.13. The molecule has 2 aromatic carbocycles. The molecule has 5 aromatic rings. The molecule has 0 bridgehead atoms. The van der Waals surface area contributed by atoms with Crippen LogP contribution in [0, 0.1) is 11.6 Å². The topological polar surface area (TPSA) is 98.8 Å². The molecule has 0 atom stereocenters. The van der Waals surface area contributed by atoms with Gasteiger partial charge in [0, 0.05) is 54.7 Å². The predicted molar refractivity (Wildman–Crippen MR) is 153 cm³/mol. The number of ether oxygens (including phenoxy) is 2. The van der Waals surface area contributed by atoms with E-state index in [0.717, 1.165) is 21.9 Å². The highest BCUT2D eigenvalue weighted by Gasteiger charge is 2.18. The minimum absolute atomic E-state index is 0.00764. The number of fused-ring (bicyclic) bond motifs is 1. The zero-order valence-electron chi connectivity index (χ0n) is 22.3. The van der Waals surface area contributed by atoms with E-state index in [0.29, 0.717) is 30.0 Å². The number of carbonyl (C=O) groups is 1. The molecule has 0 radical (unpaired) electrons. The summed E-state index contributed by atoms with van der Waals surface area (Å²) >= 11 is 1.54. The van der Waals surface area contributed by atoms with Gasteiger partial charge in [0.1, 0.15) is 24.1 Å². The summed E-state index contributed by atoms with van der Waals surface area (Å²) in [6.45, 7) is 0.978. The third-order valence-electron chi connectivity index (χ3n) is 6.38. The number of carboxylic acid groups (broad SMARTS) is 1. The normalized spacial score (nSPS) is 11.5. The van der Waals surface area contributed by atoms with Gasteiger partial charge in [0.2, 0.25) is 5.88 Å². The Labute approximate surface area is 238 Å². The van der Waals surface area contributed by atoms with E-state index in [2.05, 4.69) is 15.0 Å². The molecule has 8 nitrogen and oxygen atoms in total. The summed E-state index contributed by atoms with van der Waals surface area (Å²) in [6.07, 6.45) is 1.75. The Hall–Kier alpha value is -4.48. The van der Waals surface area contributed by atoms with Gasteiger partial charge in [-0.05, 0) is 54.1 Å². The summed E-state index contributed by atoms with van der Waals surface area (Å²) in [5.74, 6) is -1.57. The first-order chi connectivity index (χ1) is 19.9. The lowest BCUT2D eigenvalue weighted by Crippen LogP contribution is -2.10. The van der Waals surface area contributed by atoms with Crippen molar-refractivity contribution in [3.63, 3.8) is 0 Å². The molecule has 0 amide bonds.